The lowest BCUT2D eigenvalue weighted by molar-refractivity contribution is 0.438. The highest BCUT2D eigenvalue weighted by Crippen LogP contribution is 2.23. The Balaban J connectivity index is 2.03. The van der Waals surface area contributed by atoms with E-state index in [1.807, 2.05) is 6.07 Å². The molecule has 18 heavy (non-hydrogen) atoms. The van der Waals surface area contributed by atoms with Gasteiger partial charge in [0.05, 0.1) is 18.1 Å². The zero-order chi connectivity index (χ0) is 13.2. The van der Waals surface area contributed by atoms with E-state index in [0.29, 0.717) is 5.82 Å². The van der Waals surface area contributed by atoms with E-state index in [2.05, 4.69) is 21.5 Å². The summed E-state index contributed by atoms with van der Waals surface area (Å²) < 4.78 is 24.5. The molecule has 1 aromatic heterocycles. The summed E-state index contributed by atoms with van der Waals surface area (Å²) in [4.78, 5) is 6.42. The molecule has 2 rings (SSSR count). The Morgan fingerprint density at radius 3 is 2.50 bits per heavy atom. The van der Waals surface area contributed by atoms with Crippen LogP contribution < -0.4 is 9.62 Å². The van der Waals surface area contributed by atoms with Crippen LogP contribution in [0.3, 0.4) is 0 Å². The normalized spacial score (nSPS) is 17.8. The number of piperidine rings is 1. The highest BCUT2D eigenvalue weighted by molar-refractivity contribution is 7.92. The van der Waals surface area contributed by atoms with Crippen molar-refractivity contribution in [3.05, 3.63) is 18.3 Å². The number of hydrogen-bond acceptors (Lipinski definition) is 4. The molecule has 1 aliphatic heterocycles. The third-order valence-corrected chi connectivity index (χ3v) is 3.77. The van der Waals surface area contributed by atoms with Gasteiger partial charge in [-0.05, 0) is 30.9 Å². The summed E-state index contributed by atoms with van der Waals surface area (Å²) in [6, 6.07) is 3.62. The van der Waals surface area contributed by atoms with E-state index in [0.717, 1.165) is 31.0 Å². The van der Waals surface area contributed by atoms with Crippen LogP contribution >= 0.6 is 0 Å². The van der Waals surface area contributed by atoms with Crippen molar-refractivity contribution in [1.29, 1.82) is 0 Å². The Labute approximate surface area is 108 Å². The molecule has 0 aliphatic carbocycles. The lowest BCUT2D eigenvalue weighted by atomic mass is 9.99. The fourth-order valence-corrected chi connectivity index (χ4v) is 2.59. The maximum atomic E-state index is 11.1. The maximum absolute atomic E-state index is 11.1. The van der Waals surface area contributed by atoms with Crippen molar-refractivity contribution in [1.82, 2.24) is 4.98 Å². The second-order valence-electron chi connectivity index (χ2n) is 4.95. The molecule has 0 aromatic carbocycles. The molecular formula is C12H19N3O2S. The van der Waals surface area contributed by atoms with E-state index in [-0.39, 0.29) is 0 Å². The standard InChI is InChI=1S/C12H19N3O2S/c1-10-5-7-15(8-6-10)11-3-4-12(13-9-11)14-18(2,16)17/h3-4,9-10H,5-8H2,1-2H3,(H,13,14). The first-order valence-electron chi connectivity index (χ1n) is 6.13. The quantitative estimate of drug-likeness (QED) is 0.907. The molecule has 0 radical (unpaired) electrons. The fraction of sp³-hybridized carbons (Fsp3) is 0.583. The largest absolute Gasteiger partial charge is 0.370 e. The Morgan fingerprint density at radius 1 is 1.33 bits per heavy atom. The second kappa shape index (κ2) is 5.14. The van der Waals surface area contributed by atoms with Gasteiger partial charge in [-0.2, -0.15) is 0 Å². The number of sulfonamides is 1. The van der Waals surface area contributed by atoms with Crippen LogP contribution in [-0.2, 0) is 10.0 Å². The SMILES string of the molecule is CC1CCN(c2ccc(NS(C)(=O)=O)nc2)CC1. The fourth-order valence-electron chi connectivity index (χ4n) is 2.09. The van der Waals surface area contributed by atoms with Gasteiger partial charge in [0, 0.05) is 13.1 Å². The van der Waals surface area contributed by atoms with Gasteiger partial charge in [-0.25, -0.2) is 13.4 Å². The van der Waals surface area contributed by atoms with Crippen molar-refractivity contribution in [2.75, 3.05) is 29.0 Å². The van der Waals surface area contributed by atoms with E-state index in [1.165, 1.54) is 12.8 Å². The first-order valence-corrected chi connectivity index (χ1v) is 8.02. The van der Waals surface area contributed by atoms with Crippen LogP contribution in [0.2, 0.25) is 0 Å². The van der Waals surface area contributed by atoms with Gasteiger partial charge in [0.1, 0.15) is 5.82 Å². The smallest absolute Gasteiger partial charge is 0.230 e. The zero-order valence-electron chi connectivity index (χ0n) is 10.8. The Bertz CT molecular complexity index is 491. The third kappa shape index (κ3) is 3.60. The first kappa shape index (κ1) is 13.1. The minimum atomic E-state index is -3.25. The predicted molar refractivity (Wildman–Crippen MR) is 73.3 cm³/mol. The lowest BCUT2D eigenvalue weighted by Crippen LogP contribution is -2.32. The van der Waals surface area contributed by atoms with Crippen LogP contribution in [-0.4, -0.2) is 32.7 Å². The molecule has 100 valence electrons. The molecule has 1 aliphatic rings. The molecule has 0 saturated carbocycles. The monoisotopic (exact) mass is 269 g/mol. The molecule has 0 atom stereocenters. The molecule has 0 bridgehead atoms. The number of anilines is 2. The van der Waals surface area contributed by atoms with Gasteiger partial charge >= 0.3 is 0 Å². The third-order valence-electron chi connectivity index (χ3n) is 3.19. The minimum Gasteiger partial charge on any atom is -0.370 e. The number of aromatic nitrogens is 1. The second-order valence-corrected chi connectivity index (χ2v) is 6.69. The topological polar surface area (TPSA) is 62.3 Å². The molecule has 0 unspecified atom stereocenters. The summed E-state index contributed by atoms with van der Waals surface area (Å²) in [7, 11) is -3.25. The highest BCUT2D eigenvalue weighted by atomic mass is 32.2. The van der Waals surface area contributed by atoms with Gasteiger partial charge in [0.15, 0.2) is 0 Å². The summed E-state index contributed by atoms with van der Waals surface area (Å²) in [5.74, 6) is 1.16. The molecule has 1 aromatic rings. The highest BCUT2D eigenvalue weighted by Gasteiger charge is 2.16. The summed E-state index contributed by atoms with van der Waals surface area (Å²) in [5, 5.41) is 0. The first-order chi connectivity index (χ1) is 8.44. The van der Waals surface area contributed by atoms with Crippen LogP contribution in [0.1, 0.15) is 19.8 Å². The van der Waals surface area contributed by atoms with E-state index in [1.54, 1.807) is 12.3 Å². The van der Waals surface area contributed by atoms with Crippen molar-refractivity contribution in [2.45, 2.75) is 19.8 Å². The summed E-state index contributed by atoms with van der Waals surface area (Å²) in [6.45, 7) is 4.36. The van der Waals surface area contributed by atoms with E-state index in [4.69, 9.17) is 0 Å². The van der Waals surface area contributed by atoms with E-state index >= 15 is 0 Å². The number of nitrogens with one attached hydrogen (secondary N) is 1. The van der Waals surface area contributed by atoms with E-state index in [9.17, 15) is 8.42 Å². The van der Waals surface area contributed by atoms with E-state index < -0.39 is 10.0 Å². The van der Waals surface area contributed by atoms with Crippen LogP contribution in [0.15, 0.2) is 18.3 Å². The maximum Gasteiger partial charge on any atom is 0.230 e. The van der Waals surface area contributed by atoms with Gasteiger partial charge in [-0.1, -0.05) is 6.92 Å². The molecule has 1 fully saturated rings. The van der Waals surface area contributed by atoms with Crippen LogP contribution in [0, 0.1) is 5.92 Å². The molecule has 1 N–H and O–H groups in total. The Kier molecular flexibility index (Phi) is 3.75. The number of hydrogen-bond donors (Lipinski definition) is 1. The lowest BCUT2D eigenvalue weighted by Gasteiger charge is -2.31. The Hall–Kier alpha value is -1.30. The average molecular weight is 269 g/mol. The van der Waals surface area contributed by atoms with Gasteiger partial charge < -0.3 is 4.90 Å². The predicted octanol–water partition coefficient (Wildman–Crippen LogP) is 1.69. The molecule has 0 spiro atoms. The molecule has 0 amide bonds. The van der Waals surface area contributed by atoms with Crippen molar-refractivity contribution in [3.8, 4) is 0 Å². The molecule has 2 heterocycles. The molecule has 6 heteroatoms. The van der Waals surface area contributed by atoms with Crippen LogP contribution in [0.5, 0.6) is 0 Å². The van der Waals surface area contributed by atoms with Gasteiger partial charge in [0.25, 0.3) is 0 Å². The number of rotatable bonds is 3. The summed E-state index contributed by atoms with van der Waals surface area (Å²) in [6.07, 6.45) is 5.24. The number of pyridine rings is 1. The van der Waals surface area contributed by atoms with Gasteiger partial charge in [0.2, 0.25) is 10.0 Å². The van der Waals surface area contributed by atoms with Crippen molar-refractivity contribution < 1.29 is 8.42 Å². The van der Waals surface area contributed by atoms with Gasteiger partial charge in [-0.15, -0.1) is 0 Å². The average Bonchev–Trinajstić information content (AvgIpc) is 2.29. The Morgan fingerprint density at radius 2 is 2.00 bits per heavy atom. The van der Waals surface area contributed by atoms with Crippen LogP contribution in [0.25, 0.3) is 0 Å². The molecule has 1 saturated heterocycles. The van der Waals surface area contributed by atoms with Crippen molar-refractivity contribution >= 4 is 21.5 Å². The molecular weight excluding hydrogens is 250 g/mol. The zero-order valence-corrected chi connectivity index (χ0v) is 11.6. The van der Waals surface area contributed by atoms with Crippen molar-refractivity contribution in [2.24, 2.45) is 5.92 Å². The minimum absolute atomic E-state index is 0.367. The van der Waals surface area contributed by atoms with Crippen molar-refractivity contribution in [3.63, 3.8) is 0 Å². The molecule has 5 nitrogen and oxygen atoms in total. The summed E-state index contributed by atoms with van der Waals surface area (Å²) >= 11 is 0. The number of nitrogens with zero attached hydrogens (tertiary/aromatic N) is 2. The summed E-state index contributed by atoms with van der Waals surface area (Å²) in [5.41, 5.74) is 1.06. The van der Waals surface area contributed by atoms with Gasteiger partial charge in [-0.3, -0.25) is 4.72 Å². The van der Waals surface area contributed by atoms with Crippen LogP contribution in [0.4, 0.5) is 11.5 Å².